The molecule has 1 aliphatic heterocycles. The molecule has 3 rings (SSSR count). The van der Waals surface area contributed by atoms with E-state index in [0.29, 0.717) is 31.0 Å². The topological polar surface area (TPSA) is 113 Å². The first-order chi connectivity index (χ1) is 12.8. The van der Waals surface area contributed by atoms with Crippen LogP contribution in [0.1, 0.15) is 33.6 Å². The summed E-state index contributed by atoms with van der Waals surface area (Å²) in [6.45, 7) is 6.37. The number of rotatable bonds is 3. The third-order valence-corrected chi connectivity index (χ3v) is 4.07. The molecule has 9 nitrogen and oxygen atoms in total. The molecule has 3 heterocycles. The van der Waals surface area contributed by atoms with Gasteiger partial charge in [-0.3, -0.25) is 20.2 Å². The number of hydrogen-bond donors (Lipinski definition) is 2. The summed E-state index contributed by atoms with van der Waals surface area (Å²) in [5.74, 6) is 0.123. The summed E-state index contributed by atoms with van der Waals surface area (Å²) in [6.07, 6.45) is 2.70. The quantitative estimate of drug-likeness (QED) is 0.856. The smallest absolute Gasteiger partial charge is 0.410 e. The number of amides is 2. The van der Waals surface area contributed by atoms with Crippen molar-refractivity contribution in [2.24, 2.45) is 5.92 Å². The van der Waals surface area contributed by atoms with E-state index in [1.807, 2.05) is 32.9 Å². The molecule has 144 valence electrons. The number of H-pyrrole nitrogens is 1. The molecule has 0 spiro atoms. The Bertz CT molecular complexity index is 799. The van der Waals surface area contributed by atoms with Gasteiger partial charge in [0.05, 0.1) is 5.92 Å². The van der Waals surface area contributed by atoms with Crippen molar-refractivity contribution in [3.63, 3.8) is 0 Å². The van der Waals surface area contributed by atoms with Crippen LogP contribution >= 0.6 is 0 Å². The number of likely N-dealkylation sites (tertiary alicyclic amines) is 1. The van der Waals surface area contributed by atoms with Crippen molar-refractivity contribution in [3.8, 4) is 11.5 Å². The Labute approximate surface area is 157 Å². The normalized spacial score (nSPS) is 17.4. The first-order valence-corrected chi connectivity index (χ1v) is 8.94. The van der Waals surface area contributed by atoms with Gasteiger partial charge in [0, 0.05) is 19.3 Å². The average molecular weight is 372 g/mol. The van der Waals surface area contributed by atoms with Crippen LogP contribution in [-0.2, 0) is 9.53 Å². The number of hydrogen-bond acceptors (Lipinski definition) is 6. The zero-order valence-electron chi connectivity index (χ0n) is 15.7. The monoisotopic (exact) mass is 372 g/mol. The Morgan fingerprint density at radius 1 is 1.33 bits per heavy atom. The molecule has 2 N–H and O–H groups in total. The van der Waals surface area contributed by atoms with Crippen molar-refractivity contribution in [2.75, 3.05) is 18.4 Å². The van der Waals surface area contributed by atoms with Crippen molar-refractivity contribution in [1.29, 1.82) is 0 Å². The van der Waals surface area contributed by atoms with Gasteiger partial charge in [0.15, 0.2) is 5.82 Å². The molecule has 1 fully saturated rings. The Hall–Kier alpha value is -2.97. The van der Waals surface area contributed by atoms with E-state index in [4.69, 9.17) is 4.74 Å². The fourth-order valence-electron chi connectivity index (χ4n) is 2.83. The number of ether oxygens (including phenoxy) is 1. The molecular weight excluding hydrogens is 348 g/mol. The number of anilines is 1. The first kappa shape index (κ1) is 18.8. The highest BCUT2D eigenvalue weighted by molar-refractivity contribution is 5.91. The number of piperidine rings is 1. The zero-order valence-corrected chi connectivity index (χ0v) is 15.7. The third kappa shape index (κ3) is 5.02. The minimum absolute atomic E-state index is 0.190. The highest BCUT2D eigenvalue weighted by atomic mass is 16.6. The molecule has 2 aromatic heterocycles. The van der Waals surface area contributed by atoms with E-state index >= 15 is 0 Å². The maximum absolute atomic E-state index is 12.6. The van der Waals surface area contributed by atoms with Crippen LogP contribution in [0.5, 0.6) is 0 Å². The molecule has 1 atom stereocenters. The van der Waals surface area contributed by atoms with Gasteiger partial charge in [-0.2, -0.15) is 4.98 Å². The van der Waals surface area contributed by atoms with E-state index in [1.54, 1.807) is 17.2 Å². The summed E-state index contributed by atoms with van der Waals surface area (Å²) in [4.78, 5) is 34.8. The Morgan fingerprint density at radius 2 is 2.15 bits per heavy atom. The fraction of sp³-hybridized carbons (Fsp3) is 0.500. The maximum Gasteiger partial charge on any atom is 0.410 e. The molecule has 27 heavy (non-hydrogen) atoms. The van der Waals surface area contributed by atoms with Crippen LogP contribution in [0.2, 0.25) is 0 Å². The summed E-state index contributed by atoms with van der Waals surface area (Å²) in [5.41, 5.74) is 0.0758. The number of nitrogens with one attached hydrogen (secondary N) is 2. The Kier molecular flexibility index (Phi) is 5.38. The van der Waals surface area contributed by atoms with Crippen molar-refractivity contribution < 1.29 is 14.3 Å². The van der Waals surface area contributed by atoms with Crippen molar-refractivity contribution in [3.05, 3.63) is 24.4 Å². The Morgan fingerprint density at radius 3 is 2.85 bits per heavy atom. The summed E-state index contributed by atoms with van der Waals surface area (Å²) < 4.78 is 5.39. The summed E-state index contributed by atoms with van der Waals surface area (Å²) >= 11 is 0. The minimum atomic E-state index is -0.562. The Balaban J connectivity index is 1.59. The third-order valence-electron chi connectivity index (χ3n) is 4.07. The van der Waals surface area contributed by atoms with Gasteiger partial charge in [0.1, 0.15) is 11.3 Å². The summed E-state index contributed by atoms with van der Waals surface area (Å²) in [6, 6.07) is 5.45. The highest BCUT2D eigenvalue weighted by Crippen LogP contribution is 2.21. The van der Waals surface area contributed by atoms with Crippen LogP contribution in [0, 0.1) is 5.92 Å². The number of pyridine rings is 1. The first-order valence-electron chi connectivity index (χ1n) is 8.94. The lowest BCUT2D eigenvalue weighted by atomic mass is 9.97. The van der Waals surface area contributed by atoms with Gasteiger partial charge < -0.3 is 9.64 Å². The number of aromatic nitrogens is 4. The molecule has 1 saturated heterocycles. The lowest BCUT2D eigenvalue weighted by Gasteiger charge is -2.33. The van der Waals surface area contributed by atoms with Gasteiger partial charge >= 0.3 is 6.09 Å². The van der Waals surface area contributed by atoms with E-state index in [2.05, 4.69) is 25.5 Å². The lowest BCUT2D eigenvalue weighted by molar-refractivity contribution is -0.121. The zero-order chi connectivity index (χ0) is 19.4. The lowest BCUT2D eigenvalue weighted by Crippen LogP contribution is -2.45. The van der Waals surface area contributed by atoms with Crippen LogP contribution in [0.25, 0.3) is 11.5 Å². The molecule has 0 saturated carbocycles. The molecule has 0 radical (unpaired) electrons. The van der Waals surface area contributed by atoms with Crippen LogP contribution < -0.4 is 5.32 Å². The van der Waals surface area contributed by atoms with Gasteiger partial charge in [-0.1, -0.05) is 6.07 Å². The van der Waals surface area contributed by atoms with Crippen LogP contribution in [0.15, 0.2) is 24.4 Å². The van der Waals surface area contributed by atoms with E-state index in [9.17, 15) is 9.59 Å². The molecule has 0 aliphatic carbocycles. The molecule has 2 amide bonds. The van der Waals surface area contributed by atoms with Crippen molar-refractivity contribution in [2.45, 2.75) is 39.2 Å². The van der Waals surface area contributed by atoms with Crippen molar-refractivity contribution >= 4 is 17.9 Å². The molecule has 2 aromatic rings. The second-order valence-corrected chi connectivity index (χ2v) is 7.48. The number of carbonyl (C=O) groups is 2. The molecule has 0 bridgehead atoms. The van der Waals surface area contributed by atoms with Gasteiger partial charge in [-0.15, -0.1) is 5.10 Å². The van der Waals surface area contributed by atoms with Gasteiger partial charge in [0.25, 0.3) is 0 Å². The largest absolute Gasteiger partial charge is 0.444 e. The predicted octanol–water partition coefficient (Wildman–Crippen LogP) is 2.45. The van der Waals surface area contributed by atoms with Gasteiger partial charge in [0.2, 0.25) is 11.9 Å². The van der Waals surface area contributed by atoms with Gasteiger partial charge in [-0.05, 0) is 45.7 Å². The standard InChI is InChI=1S/C18H24N6O3/c1-18(2,3)27-17(26)24-10-6-7-12(11-24)15(25)21-16-20-14(22-23-16)13-8-4-5-9-19-13/h4-5,8-9,12H,6-7,10-11H2,1-3H3,(H2,20,21,22,23,25)/t12-/m0/s1. The average Bonchev–Trinajstić information content (AvgIpc) is 3.09. The van der Waals surface area contributed by atoms with E-state index in [-0.39, 0.29) is 17.8 Å². The number of nitrogens with zero attached hydrogens (tertiary/aromatic N) is 4. The van der Waals surface area contributed by atoms with E-state index < -0.39 is 11.7 Å². The van der Waals surface area contributed by atoms with Crippen LogP contribution in [0.4, 0.5) is 10.7 Å². The molecule has 1 aliphatic rings. The van der Waals surface area contributed by atoms with E-state index in [0.717, 1.165) is 6.42 Å². The predicted molar refractivity (Wildman–Crippen MR) is 98.8 cm³/mol. The molecular formula is C18H24N6O3. The number of aromatic amines is 1. The van der Waals surface area contributed by atoms with Crippen molar-refractivity contribution in [1.82, 2.24) is 25.1 Å². The maximum atomic E-state index is 12.6. The second-order valence-electron chi connectivity index (χ2n) is 7.48. The highest BCUT2D eigenvalue weighted by Gasteiger charge is 2.31. The second kappa shape index (κ2) is 7.73. The molecule has 0 unspecified atom stereocenters. The van der Waals surface area contributed by atoms with Gasteiger partial charge in [-0.25, -0.2) is 4.79 Å². The fourth-order valence-corrected chi connectivity index (χ4v) is 2.83. The molecule has 9 heteroatoms. The number of carbonyl (C=O) groups excluding carboxylic acids is 2. The summed E-state index contributed by atoms with van der Waals surface area (Å²) in [7, 11) is 0. The molecule has 0 aromatic carbocycles. The van der Waals surface area contributed by atoms with Crippen LogP contribution in [-0.4, -0.2) is 55.8 Å². The SMILES string of the molecule is CC(C)(C)OC(=O)N1CCC[C@H](C(=O)Nc2n[nH]c(-c3ccccn3)n2)C1. The minimum Gasteiger partial charge on any atom is -0.444 e. The summed E-state index contributed by atoms with van der Waals surface area (Å²) in [5, 5.41) is 9.49. The van der Waals surface area contributed by atoms with Crippen LogP contribution in [0.3, 0.4) is 0 Å². The van der Waals surface area contributed by atoms with E-state index in [1.165, 1.54) is 0 Å².